The highest BCUT2D eigenvalue weighted by atomic mass is 35.5. The van der Waals surface area contributed by atoms with Crippen molar-refractivity contribution in [1.29, 1.82) is 0 Å². The molecule has 0 bridgehead atoms. The fourth-order valence-electron chi connectivity index (χ4n) is 1.61. The lowest BCUT2D eigenvalue weighted by Gasteiger charge is -2.04. The molecule has 18 heavy (non-hydrogen) atoms. The minimum atomic E-state index is -0.114. The number of aromatic nitrogens is 1. The molecule has 1 aromatic carbocycles. The number of nitrogens with one attached hydrogen (secondary N) is 1. The van der Waals surface area contributed by atoms with Crippen LogP contribution in [-0.4, -0.2) is 10.9 Å². The van der Waals surface area contributed by atoms with Crippen LogP contribution in [0.1, 0.15) is 25.9 Å². The van der Waals surface area contributed by atoms with Gasteiger partial charge in [0, 0.05) is 11.6 Å². The number of halogens is 1. The number of benzene rings is 1. The van der Waals surface area contributed by atoms with Crippen molar-refractivity contribution in [2.24, 2.45) is 0 Å². The van der Waals surface area contributed by atoms with Crippen LogP contribution in [0.3, 0.4) is 0 Å². The van der Waals surface area contributed by atoms with Crippen LogP contribution in [-0.2, 0) is 5.88 Å². The minimum Gasteiger partial charge on any atom is -0.321 e. The van der Waals surface area contributed by atoms with Crippen LogP contribution in [0.5, 0.6) is 0 Å². The number of alkyl halides is 1. The molecular formula is C13H13ClN2OS. The van der Waals surface area contributed by atoms with Crippen LogP contribution in [0.25, 0.3) is 0 Å². The number of hydrogen-bond acceptors (Lipinski definition) is 3. The van der Waals surface area contributed by atoms with Crippen molar-refractivity contribution < 1.29 is 4.79 Å². The van der Waals surface area contributed by atoms with Crippen molar-refractivity contribution in [3.8, 4) is 0 Å². The Morgan fingerprint density at radius 3 is 2.50 bits per heavy atom. The number of aryl methyl sites for hydroxylation is 2. The van der Waals surface area contributed by atoms with Crippen molar-refractivity contribution in [3.05, 3.63) is 45.4 Å². The van der Waals surface area contributed by atoms with Crippen molar-refractivity contribution in [2.75, 3.05) is 5.32 Å². The summed E-state index contributed by atoms with van der Waals surface area (Å²) in [6, 6.07) is 7.48. The predicted octanol–water partition coefficient (Wildman–Crippen LogP) is 3.75. The van der Waals surface area contributed by atoms with E-state index in [2.05, 4.69) is 10.3 Å². The van der Waals surface area contributed by atoms with Crippen molar-refractivity contribution in [2.45, 2.75) is 19.7 Å². The van der Waals surface area contributed by atoms with E-state index in [0.29, 0.717) is 10.8 Å². The van der Waals surface area contributed by atoms with E-state index in [1.54, 1.807) is 0 Å². The van der Waals surface area contributed by atoms with Gasteiger partial charge in [0.25, 0.3) is 5.91 Å². The van der Waals surface area contributed by atoms with Gasteiger partial charge in [0.05, 0.1) is 10.7 Å². The molecule has 2 aromatic rings. The first-order chi connectivity index (χ1) is 8.60. The quantitative estimate of drug-likeness (QED) is 0.870. The third-order valence-corrected chi connectivity index (χ3v) is 3.86. The molecule has 0 spiro atoms. The van der Waals surface area contributed by atoms with Gasteiger partial charge in [-0.3, -0.25) is 4.79 Å². The van der Waals surface area contributed by atoms with Crippen LogP contribution in [0.15, 0.2) is 24.3 Å². The molecule has 0 aliphatic heterocycles. The molecule has 1 amide bonds. The number of hydrogen-bond donors (Lipinski definition) is 1. The molecule has 0 atom stereocenters. The second kappa shape index (κ2) is 5.50. The van der Waals surface area contributed by atoms with E-state index in [1.165, 1.54) is 11.3 Å². The second-order valence-electron chi connectivity index (χ2n) is 3.93. The van der Waals surface area contributed by atoms with Gasteiger partial charge in [-0.15, -0.1) is 22.9 Å². The van der Waals surface area contributed by atoms with E-state index in [1.807, 2.05) is 38.1 Å². The molecule has 2 rings (SSSR count). The zero-order valence-corrected chi connectivity index (χ0v) is 11.7. The number of anilines is 1. The van der Waals surface area contributed by atoms with Crippen molar-refractivity contribution >= 4 is 34.5 Å². The van der Waals surface area contributed by atoms with Gasteiger partial charge in [-0.05, 0) is 31.5 Å². The highest BCUT2D eigenvalue weighted by Gasteiger charge is 2.13. The van der Waals surface area contributed by atoms with Crippen LogP contribution >= 0.6 is 22.9 Å². The molecule has 0 aliphatic rings. The topological polar surface area (TPSA) is 42.0 Å². The molecule has 0 saturated heterocycles. The van der Waals surface area contributed by atoms with Crippen molar-refractivity contribution in [3.63, 3.8) is 0 Å². The smallest absolute Gasteiger partial charge is 0.267 e. The normalized spacial score (nSPS) is 10.4. The Morgan fingerprint density at radius 2 is 2.00 bits per heavy atom. The third kappa shape index (κ3) is 2.89. The molecular weight excluding hydrogens is 268 g/mol. The molecule has 0 aliphatic carbocycles. The fraction of sp³-hybridized carbons (Fsp3) is 0.231. The van der Waals surface area contributed by atoms with Gasteiger partial charge in [-0.1, -0.05) is 12.1 Å². The summed E-state index contributed by atoms with van der Waals surface area (Å²) in [5.74, 6) is 0.359. The van der Waals surface area contributed by atoms with Crippen LogP contribution in [0, 0.1) is 13.8 Å². The number of nitrogens with zero attached hydrogens (tertiary/aromatic N) is 1. The molecule has 0 unspecified atom stereocenters. The Morgan fingerprint density at radius 1 is 1.33 bits per heavy atom. The highest BCUT2D eigenvalue weighted by molar-refractivity contribution is 7.13. The molecule has 0 fully saturated rings. The molecule has 94 valence electrons. The van der Waals surface area contributed by atoms with E-state index >= 15 is 0 Å². The first-order valence-corrected chi connectivity index (χ1v) is 6.85. The van der Waals surface area contributed by atoms with E-state index in [9.17, 15) is 4.79 Å². The van der Waals surface area contributed by atoms with Gasteiger partial charge < -0.3 is 5.32 Å². The summed E-state index contributed by atoms with van der Waals surface area (Å²) >= 11 is 7.12. The van der Waals surface area contributed by atoms with Gasteiger partial charge in [0.2, 0.25) is 0 Å². The lowest BCUT2D eigenvalue weighted by Crippen LogP contribution is -2.11. The Labute approximate surface area is 115 Å². The van der Waals surface area contributed by atoms with Gasteiger partial charge in [-0.2, -0.15) is 0 Å². The Balaban J connectivity index is 2.13. The van der Waals surface area contributed by atoms with Crippen LogP contribution in [0.2, 0.25) is 0 Å². The molecule has 1 aromatic heterocycles. The molecule has 3 nitrogen and oxygen atoms in total. The zero-order chi connectivity index (χ0) is 13.1. The SMILES string of the molecule is Cc1nc(C)c(C(=O)Nc2ccc(CCl)cc2)s1. The number of amides is 1. The third-order valence-electron chi connectivity index (χ3n) is 2.48. The lowest BCUT2D eigenvalue weighted by atomic mass is 10.2. The largest absolute Gasteiger partial charge is 0.321 e. The van der Waals surface area contributed by atoms with Crippen LogP contribution in [0.4, 0.5) is 5.69 Å². The number of carbonyl (C=O) groups excluding carboxylic acids is 1. The van der Waals surface area contributed by atoms with E-state index in [-0.39, 0.29) is 5.91 Å². The number of thiazole rings is 1. The molecule has 1 heterocycles. The predicted molar refractivity (Wildman–Crippen MR) is 75.5 cm³/mol. The number of carbonyl (C=O) groups is 1. The zero-order valence-electron chi connectivity index (χ0n) is 10.2. The Kier molecular flexibility index (Phi) is 3.99. The summed E-state index contributed by atoms with van der Waals surface area (Å²) < 4.78 is 0. The summed E-state index contributed by atoms with van der Waals surface area (Å²) in [4.78, 5) is 16.9. The summed E-state index contributed by atoms with van der Waals surface area (Å²) in [6.45, 7) is 3.73. The maximum atomic E-state index is 12.0. The first-order valence-electron chi connectivity index (χ1n) is 5.50. The fourth-order valence-corrected chi connectivity index (χ4v) is 2.60. The average Bonchev–Trinajstić information content (AvgIpc) is 2.69. The Bertz CT molecular complexity index is 563. The molecule has 5 heteroatoms. The van der Waals surface area contributed by atoms with Gasteiger partial charge in [0.15, 0.2) is 0 Å². The van der Waals surface area contributed by atoms with E-state index in [4.69, 9.17) is 11.6 Å². The monoisotopic (exact) mass is 280 g/mol. The molecule has 1 N–H and O–H groups in total. The average molecular weight is 281 g/mol. The van der Waals surface area contributed by atoms with Crippen LogP contribution < -0.4 is 5.32 Å². The van der Waals surface area contributed by atoms with Gasteiger partial charge in [-0.25, -0.2) is 4.98 Å². The maximum Gasteiger partial charge on any atom is 0.267 e. The Hall–Kier alpha value is -1.39. The molecule has 0 radical (unpaired) electrons. The summed E-state index contributed by atoms with van der Waals surface area (Å²) in [5.41, 5.74) is 2.56. The summed E-state index contributed by atoms with van der Waals surface area (Å²) in [7, 11) is 0. The van der Waals surface area contributed by atoms with Gasteiger partial charge >= 0.3 is 0 Å². The summed E-state index contributed by atoms with van der Waals surface area (Å²) in [6.07, 6.45) is 0. The maximum absolute atomic E-state index is 12.0. The standard InChI is InChI=1S/C13H13ClN2OS/c1-8-12(18-9(2)15-8)13(17)16-11-5-3-10(7-14)4-6-11/h3-6H,7H2,1-2H3,(H,16,17). The van der Waals surface area contributed by atoms with E-state index < -0.39 is 0 Å². The molecule has 0 saturated carbocycles. The second-order valence-corrected chi connectivity index (χ2v) is 5.40. The van der Waals surface area contributed by atoms with Gasteiger partial charge in [0.1, 0.15) is 4.88 Å². The highest BCUT2D eigenvalue weighted by Crippen LogP contribution is 2.19. The first kappa shape index (κ1) is 13.1. The summed E-state index contributed by atoms with van der Waals surface area (Å²) in [5, 5.41) is 3.75. The van der Waals surface area contributed by atoms with Crippen molar-refractivity contribution in [1.82, 2.24) is 4.98 Å². The lowest BCUT2D eigenvalue weighted by molar-refractivity contribution is 0.103. The minimum absolute atomic E-state index is 0.114. The van der Waals surface area contributed by atoms with E-state index in [0.717, 1.165) is 22.0 Å². The number of rotatable bonds is 3.